The van der Waals surface area contributed by atoms with Crippen LogP contribution in [0.3, 0.4) is 0 Å². The Bertz CT molecular complexity index is 533. The molecule has 1 heterocycles. The van der Waals surface area contributed by atoms with Crippen molar-refractivity contribution in [3.63, 3.8) is 0 Å². The van der Waals surface area contributed by atoms with E-state index in [0.29, 0.717) is 5.56 Å². The highest BCUT2D eigenvalue weighted by molar-refractivity contribution is 9.10. The molecule has 0 aliphatic rings. The number of aromatic nitrogens is 1. The van der Waals surface area contributed by atoms with Crippen molar-refractivity contribution in [3.05, 3.63) is 44.7 Å². The highest BCUT2D eigenvalue weighted by atomic mass is 79.9. The summed E-state index contributed by atoms with van der Waals surface area (Å²) in [4.78, 5) is 14.3. The number of para-hydroxylation sites is 1. The van der Waals surface area contributed by atoms with Gasteiger partial charge in [-0.1, -0.05) is 12.1 Å². The number of benzene rings is 1. The zero-order chi connectivity index (χ0) is 10.1. The second-order valence-corrected chi connectivity index (χ2v) is 3.89. The van der Waals surface area contributed by atoms with E-state index >= 15 is 0 Å². The van der Waals surface area contributed by atoms with Gasteiger partial charge >= 0.3 is 0 Å². The number of halogens is 1. The Hall–Kier alpha value is -1.13. The SMILES string of the molecule is NCc1cc2cccc(Br)c2[nH]c1=O. The molecule has 0 radical (unpaired) electrons. The van der Waals surface area contributed by atoms with Gasteiger partial charge in [-0.15, -0.1) is 0 Å². The number of H-pyrrole nitrogens is 1. The lowest BCUT2D eigenvalue weighted by atomic mass is 10.1. The van der Waals surface area contributed by atoms with Gasteiger partial charge in [0.25, 0.3) is 5.56 Å². The highest BCUT2D eigenvalue weighted by Gasteiger charge is 2.02. The van der Waals surface area contributed by atoms with E-state index in [-0.39, 0.29) is 12.1 Å². The molecule has 0 unspecified atom stereocenters. The van der Waals surface area contributed by atoms with Crippen LogP contribution in [0.4, 0.5) is 0 Å². The van der Waals surface area contributed by atoms with Crippen molar-refractivity contribution >= 4 is 26.8 Å². The summed E-state index contributed by atoms with van der Waals surface area (Å²) in [7, 11) is 0. The Kier molecular flexibility index (Phi) is 2.39. The number of aromatic amines is 1. The molecule has 0 amide bonds. The molecule has 2 aromatic rings. The summed E-state index contributed by atoms with van der Waals surface area (Å²) < 4.78 is 0.885. The predicted molar refractivity (Wildman–Crippen MR) is 60.2 cm³/mol. The number of pyridine rings is 1. The van der Waals surface area contributed by atoms with Gasteiger partial charge in [-0.3, -0.25) is 4.79 Å². The molecule has 0 aliphatic heterocycles. The van der Waals surface area contributed by atoms with Crippen molar-refractivity contribution < 1.29 is 0 Å². The summed E-state index contributed by atoms with van der Waals surface area (Å²) in [6.45, 7) is 0.262. The van der Waals surface area contributed by atoms with Crippen molar-refractivity contribution in [2.24, 2.45) is 5.73 Å². The van der Waals surface area contributed by atoms with E-state index in [1.807, 2.05) is 24.3 Å². The largest absolute Gasteiger partial charge is 0.326 e. The molecule has 14 heavy (non-hydrogen) atoms. The molecule has 0 bridgehead atoms. The average molecular weight is 253 g/mol. The lowest BCUT2D eigenvalue weighted by Gasteiger charge is -2.02. The van der Waals surface area contributed by atoms with Crippen LogP contribution in [0, 0.1) is 0 Å². The van der Waals surface area contributed by atoms with Gasteiger partial charge in [0.05, 0.1) is 5.52 Å². The highest BCUT2D eigenvalue weighted by Crippen LogP contribution is 2.20. The van der Waals surface area contributed by atoms with Gasteiger partial charge in [-0.2, -0.15) is 0 Å². The summed E-state index contributed by atoms with van der Waals surface area (Å²) in [5.41, 5.74) is 6.75. The molecule has 0 fully saturated rings. The quantitative estimate of drug-likeness (QED) is 0.813. The summed E-state index contributed by atoms with van der Waals surface area (Å²) in [6.07, 6.45) is 0. The van der Waals surface area contributed by atoms with Crippen LogP contribution in [-0.4, -0.2) is 4.98 Å². The van der Waals surface area contributed by atoms with E-state index < -0.39 is 0 Å². The molecule has 1 aromatic carbocycles. The molecule has 4 heteroatoms. The van der Waals surface area contributed by atoms with E-state index in [0.717, 1.165) is 15.4 Å². The van der Waals surface area contributed by atoms with E-state index in [2.05, 4.69) is 20.9 Å². The normalized spacial score (nSPS) is 10.7. The zero-order valence-electron chi connectivity index (χ0n) is 7.38. The van der Waals surface area contributed by atoms with Gasteiger partial charge in [-0.25, -0.2) is 0 Å². The number of nitrogens with one attached hydrogen (secondary N) is 1. The summed E-state index contributed by atoms with van der Waals surface area (Å²) in [5, 5.41) is 0.986. The average Bonchev–Trinajstić information content (AvgIpc) is 2.19. The molecular formula is C10H9BrN2O. The molecule has 2 rings (SSSR count). The molecule has 0 spiro atoms. The van der Waals surface area contributed by atoms with Crippen molar-refractivity contribution in [1.29, 1.82) is 0 Å². The van der Waals surface area contributed by atoms with Gasteiger partial charge in [0.2, 0.25) is 0 Å². The second kappa shape index (κ2) is 3.55. The van der Waals surface area contributed by atoms with Gasteiger partial charge in [0, 0.05) is 16.6 Å². The first-order valence-corrected chi connectivity index (χ1v) is 5.02. The van der Waals surface area contributed by atoms with Crippen LogP contribution in [0.25, 0.3) is 10.9 Å². The van der Waals surface area contributed by atoms with Crippen LogP contribution < -0.4 is 11.3 Å². The van der Waals surface area contributed by atoms with Crippen LogP contribution in [0.2, 0.25) is 0 Å². The van der Waals surface area contributed by atoms with Crippen LogP contribution in [0.5, 0.6) is 0 Å². The first-order chi connectivity index (χ1) is 6.72. The molecule has 0 aliphatic carbocycles. The molecule has 3 nitrogen and oxygen atoms in total. The number of hydrogen-bond acceptors (Lipinski definition) is 2. The molecule has 0 saturated carbocycles. The van der Waals surface area contributed by atoms with E-state index in [1.165, 1.54) is 0 Å². The molecule has 0 atom stereocenters. The fourth-order valence-electron chi connectivity index (χ4n) is 1.39. The molecule has 72 valence electrons. The third-order valence-corrected chi connectivity index (χ3v) is 2.79. The third kappa shape index (κ3) is 1.47. The van der Waals surface area contributed by atoms with Crippen molar-refractivity contribution in [3.8, 4) is 0 Å². The Labute approximate surface area is 89.1 Å². The van der Waals surface area contributed by atoms with Crippen LogP contribution in [0.15, 0.2) is 33.5 Å². The smallest absolute Gasteiger partial charge is 0.252 e. The minimum absolute atomic E-state index is 0.119. The lowest BCUT2D eigenvalue weighted by molar-refractivity contribution is 1.03. The van der Waals surface area contributed by atoms with Gasteiger partial charge in [0.15, 0.2) is 0 Å². The van der Waals surface area contributed by atoms with E-state index in [1.54, 1.807) is 0 Å². The Morgan fingerprint density at radius 2 is 2.21 bits per heavy atom. The number of hydrogen-bond donors (Lipinski definition) is 2. The van der Waals surface area contributed by atoms with Gasteiger partial charge < -0.3 is 10.7 Å². The third-order valence-electron chi connectivity index (χ3n) is 2.13. The number of rotatable bonds is 1. The van der Waals surface area contributed by atoms with Crippen LogP contribution in [-0.2, 0) is 6.54 Å². The molecule has 1 aromatic heterocycles. The summed E-state index contributed by atoms with van der Waals surface area (Å²) >= 11 is 3.38. The van der Waals surface area contributed by atoms with E-state index in [4.69, 9.17) is 5.73 Å². The van der Waals surface area contributed by atoms with Crippen LogP contribution in [0.1, 0.15) is 5.56 Å². The monoisotopic (exact) mass is 252 g/mol. The topological polar surface area (TPSA) is 58.9 Å². The molecular weight excluding hydrogens is 244 g/mol. The Balaban J connectivity index is 2.86. The maximum atomic E-state index is 11.5. The minimum atomic E-state index is -0.119. The minimum Gasteiger partial charge on any atom is -0.326 e. The number of nitrogens with two attached hydrogens (primary N) is 1. The summed E-state index contributed by atoms with van der Waals surface area (Å²) in [5.74, 6) is 0. The van der Waals surface area contributed by atoms with E-state index in [9.17, 15) is 4.79 Å². The van der Waals surface area contributed by atoms with Crippen molar-refractivity contribution in [2.45, 2.75) is 6.54 Å². The molecule has 0 saturated heterocycles. The predicted octanol–water partition coefficient (Wildman–Crippen LogP) is 1.75. The zero-order valence-corrected chi connectivity index (χ0v) is 8.97. The maximum Gasteiger partial charge on any atom is 0.252 e. The van der Waals surface area contributed by atoms with Gasteiger partial charge in [-0.05, 0) is 33.4 Å². The van der Waals surface area contributed by atoms with Crippen LogP contribution >= 0.6 is 15.9 Å². The Morgan fingerprint density at radius 3 is 2.93 bits per heavy atom. The lowest BCUT2D eigenvalue weighted by Crippen LogP contribution is -2.15. The summed E-state index contributed by atoms with van der Waals surface area (Å²) in [6, 6.07) is 7.57. The standard InChI is InChI=1S/C10H9BrN2O/c11-8-3-1-2-6-4-7(5-12)10(14)13-9(6)8/h1-4H,5,12H2,(H,13,14). The van der Waals surface area contributed by atoms with Gasteiger partial charge in [0.1, 0.15) is 0 Å². The van der Waals surface area contributed by atoms with Crippen molar-refractivity contribution in [1.82, 2.24) is 4.98 Å². The van der Waals surface area contributed by atoms with Crippen molar-refractivity contribution in [2.75, 3.05) is 0 Å². The first kappa shape index (κ1) is 9.43. The fraction of sp³-hybridized carbons (Fsp3) is 0.100. The first-order valence-electron chi connectivity index (χ1n) is 4.23. The Morgan fingerprint density at radius 1 is 1.43 bits per heavy atom. The second-order valence-electron chi connectivity index (χ2n) is 3.03. The maximum absolute atomic E-state index is 11.5. The molecule has 3 N–H and O–H groups in total. The fourth-order valence-corrected chi connectivity index (χ4v) is 1.87. The number of fused-ring (bicyclic) bond motifs is 1.